The van der Waals surface area contributed by atoms with Gasteiger partial charge in [-0.2, -0.15) is 0 Å². The van der Waals surface area contributed by atoms with E-state index in [0.29, 0.717) is 177 Å². The van der Waals surface area contributed by atoms with Gasteiger partial charge >= 0.3 is 71.6 Å². The molecule has 14 unspecified atom stereocenters. The van der Waals surface area contributed by atoms with Crippen LogP contribution in [0.5, 0.6) is 0 Å². The quantitative estimate of drug-likeness (QED) is 0.0182. The minimum absolute atomic E-state index is 0. The van der Waals surface area contributed by atoms with Crippen molar-refractivity contribution in [2.75, 3.05) is 145 Å². The molecule has 12 aliphatic heterocycles. The van der Waals surface area contributed by atoms with E-state index >= 15 is 0 Å². The molecule has 0 radical (unpaired) electrons. The molecule has 0 aromatic rings. The lowest BCUT2D eigenvalue weighted by atomic mass is 10.2. The fourth-order valence-corrected chi connectivity index (χ4v) is 6.90. The summed E-state index contributed by atoms with van der Waals surface area (Å²) in [6.07, 6.45) is 15.1. The standard InChI is InChI=1S/C9H14O3.4C8H12O3.5C7H10O3.2C6H8O3.CH4/c1-7(2)9(10)11-5-3-4-8-6-12-8;1-6(2)7(9)10-4-8(3)5-11-8;1-5(2)8(9)10-4-7-6(3)11-7;1-6(2)8(9)10-4-3-7-5-11-7;1-2-8(9)10-5-3-4-7-6-11-7;2*1-5(2)7(8)10-4-6-3-9-6;1-3-6(8)9-4-7(2)5-10-7;1-3-7(8)9-4-6-5(2)10-6;1-2-7(8)9-4-3-6-5-10-6;2*1-2-6(7)9-4-5-3-8-5;/h8H,1,3-6H2,2H3;1,4-5H2,2-3H3;6-7H,1,4H2,2-3H3;7H,1,3-5H2,2H3;2,7H,1,3-6H2;2*6H,1,3-4H2,2H3;3H,1,4-5H2,2H3;3,5-6H,1,4H2,2H3;2,6H,1,3-5H2;2*2,5H,1,3-4H2;1H4. The van der Waals surface area contributed by atoms with E-state index in [9.17, 15) is 57.5 Å². The van der Waals surface area contributed by atoms with Crippen LogP contribution in [0.15, 0.2) is 149 Å². The number of ether oxygens (including phenoxy) is 24. The zero-order valence-electron chi connectivity index (χ0n) is 73.4. The fraction of sp³-hybridized carbons (Fsp3) is 0.596. The molecule has 0 N–H and O–H groups in total. The zero-order chi connectivity index (χ0) is 93.3. The van der Waals surface area contributed by atoms with Crippen LogP contribution in [0, 0.1) is 0 Å². The predicted molar refractivity (Wildman–Crippen MR) is 451 cm³/mol. The zero-order valence-corrected chi connectivity index (χ0v) is 73.4. The van der Waals surface area contributed by atoms with Gasteiger partial charge in [0, 0.05) is 82.7 Å². The molecule has 36 heteroatoms. The summed E-state index contributed by atoms with van der Waals surface area (Å²) in [4.78, 5) is 127. The molecule has 0 aliphatic carbocycles. The van der Waals surface area contributed by atoms with Crippen LogP contribution in [-0.2, 0) is 171 Å². The average Bonchev–Trinajstić information content (AvgIpc) is 1.69. The van der Waals surface area contributed by atoms with Crippen LogP contribution in [0.2, 0.25) is 0 Å². The number of carbonyl (C=O) groups excluding carboxylic acids is 12. The molecule has 0 bridgehead atoms. The van der Waals surface area contributed by atoms with Gasteiger partial charge in [0.1, 0.15) is 101 Å². The van der Waals surface area contributed by atoms with Crippen molar-refractivity contribution in [2.24, 2.45) is 0 Å². The van der Waals surface area contributed by atoms with E-state index in [0.717, 1.165) is 95.3 Å². The number of epoxide rings is 12. The highest BCUT2D eigenvalue weighted by Gasteiger charge is 2.42. The highest BCUT2D eigenvalue weighted by atomic mass is 16.7. The Morgan fingerprint density at radius 2 is 0.496 bits per heavy atom. The van der Waals surface area contributed by atoms with Gasteiger partial charge in [-0.3, -0.25) is 0 Å². The van der Waals surface area contributed by atoms with Gasteiger partial charge in [0.25, 0.3) is 0 Å². The average molecular weight is 1780 g/mol. The van der Waals surface area contributed by atoms with Crippen molar-refractivity contribution in [3.05, 3.63) is 149 Å². The van der Waals surface area contributed by atoms with E-state index in [4.69, 9.17) is 104 Å². The van der Waals surface area contributed by atoms with Crippen molar-refractivity contribution < 1.29 is 171 Å². The Morgan fingerprint density at radius 3 is 0.768 bits per heavy atom. The van der Waals surface area contributed by atoms with Crippen molar-refractivity contribution in [3.63, 3.8) is 0 Å². The summed E-state index contributed by atoms with van der Waals surface area (Å²) >= 11 is 0. The molecular formula is C89H132O36. The van der Waals surface area contributed by atoms with Crippen molar-refractivity contribution in [1.29, 1.82) is 0 Å². The third-order valence-electron chi connectivity index (χ3n) is 15.9. The molecule has 12 aliphatic rings. The maximum Gasteiger partial charge on any atom is 0.333 e. The maximum atomic E-state index is 10.9. The molecule has 0 saturated carbocycles. The Balaban J connectivity index is 0.00000134. The smallest absolute Gasteiger partial charge is 0.333 e. The number of rotatable bonds is 42. The topological polar surface area (TPSA) is 466 Å². The minimum Gasteiger partial charge on any atom is -0.463 e. The van der Waals surface area contributed by atoms with Crippen LogP contribution < -0.4 is 0 Å². The maximum absolute atomic E-state index is 10.9. The SMILES string of the molecule is C.C=C(C)C(=O)OCC1(C)CO1.C=C(C)C(=O)OCC1CO1.C=C(C)C(=O)OCC1CO1.C=C(C)C(=O)OCC1OC1C.C=C(C)C(=O)OCCC1CO1.C=C(C)C(=O)OCCCC1CO1.C=CC(=O)OCC1(C)CO1.C=CC(=O)OCC1CO1.C=CC(=O)OCC1CO1.C=CC(=O)OCC1OC1C.C=CC(=O)OCCC1CO1.C=CC(=O)OCCCC1CO1. The molecule has 125 heavy (non-hydrogen) atoms. The summed E-state index contributed by atoms with van der Waals surface area (Å²) in [5.41, 5.74) is 2.19. The number of hydrogen-bond acceptors (Lipinski definition) is 36. The normalized spacial score (nSPS) is 23.8. The van der Waals surface area contributed by atoms with Gasteiger partial charge in [0.15, 0.2) is 0 Å². The van der Waals surface area contributed by atoms with Gasteiger partial charge in [-0.25, -0.2) is 57.5 Å². The lowest BCUT2D eigenvalue weighted by Crippen LogP contribution is -2.18. The molecule has 704 valence electrons. The van der Waals surface area contributed by atoms with Crippen molar-refractivity contribution in [3.8, 4) is 0 Å². The first-order valence-corrected chi connectivity index (χ1v) is 39.9. The highest BCUT2D eigenvalue weighted by molar-refractivity contribution is 5.89. The van der Waals surface area contributed by atoms with Gasteiger partial charge in [-0.05, 0) is 94.9 Å². The highest BCUT2D eigenvalue weighted by Crippen LogP contribution is 2.28. The van der Waals surface area contributed by atoms with Crippen molar-refractivity contribution >= 4 is 71.6 Å². The van der Waals surface area contributed by atoms with Crippen LogP contribution >= 0.6 is 0 Å². The van der Waals surface area contributed by atoms with E-state index in [1.54, 1.807) is 41.5 Å². The van der Waals surface area contributed by atoms with Gasteiger partial charge < -0.3 is 114 Å². The third-order valence-corrected chi connectivity index (χ3v) is 15.9. The Hall–Kier alpha value is -9.96. The van der Waals surface area contributed by atoms with Crippen LogP contribution in [0.3, 0.4) is 0 Å². The second-order valence-corrected chi connectivity index (χ2v) is 29.1. The summed E-state index contributed by atoms with van der Waals surface area (Å²) in [5, 5.41) is 0. The molecule has 0 aromatic heterocycles. The van der Waals surface area contributed by atoms with E-state index in [2.05, 4.69) is 88.4 Å². The summed E-state index contributed by atoms with van der Waals surface area (Å²) in [7, 11) is 0. The Kier molecular flexibility index (Phi) is 59.6. The Labute approximate surface area is 733 Å². The summed E-state index contributed by atoms with van der Waals surface area (Å²) < 4.78 is 116. The number of hydrogen-bond donors (Lipinski definition) is 0. The first kappa shape index (κ1) is 115. The molecule has 12 fully saturated rings. The Bertz CT molecular complexity index is 3440. The van der Waals surface area contributed by atoms with Crippen LogP contribution in [-0.4, -0.2) is 301 Å². The van der Waals surface area contributed by atoms with Crippen LogP contribution in [0.1, 0.15) is 115 Å². The second-order valence-electron chi connectivity index (χ2n) is 29.1. The van der Waals surface area contributed by atoms with Crippen molar-refractivity contribution in [1.82, 2.24) is 0 Å². The fourth-order valence-electron chi connectivity index (χ4n) is 6.90. The lowest BCUT2D eigenvalue weighted by Gasteiger charge is -2.05. The van der Waals surface area contributed by atoms with Gasteiger partial charge in [0.05, 0.1) is 129 Å². The summed E-state index contributed by atoms with van der Waals surface area (Å²) in [6.45, 7) is 70.0. The van der Waals surface area contributed by atoms with Crippen LogP contribution in [0.25, 0.3) is 0 Å². The van der Waals surface area contributed by atoms with E-state index < -0.39 is 5.97 Å². The molecule has 0 spiro atoms. The molecule has 12 rings (SSSR count). The molecule has 12 heterocycles. The van der Waals surface area contributed by atoms with Crippen molar-refractivity contribution in [2.45, 2.75) is 200 Å². The van der Waals surface area contributed by atoms with Crippen LogP contribution in [0.4, 0.5) is 0 Å². The number of esters is 12. The summed E-state index contributed by atoms with van der Waals surface area (Å²) in [5.74, 6) is -4.23. The summed E-state index contributed by atoms with van der Waals surface area (Å²) in [6, 6.07) is 0. The van der Waals surface area contributed by atoms with Gasteiger partial charge in [0.2, 0.25) is 0 Å². The first-order valence-electron chi connectivity index (χ1n) is 39.9. The predicted octanol–water partition coefficient (Wildman–Crippen LogP) is 8.25. The molecular weight excluding hydrogens is 1640 g/mol. The molecule has 14 atom stereocenters. The first-order chi connectivity index (χ1) is 58.6. The largest absolute Gasteiger partial charge is 0.463 e. The minimum atomic E-state index is -0.392. The molecule has 12 saturated heterocycles. The lowest BCUT2D eigenvalue weighted by molar-refractivity contribution is -0.141. The van der Waals surface area contributed by atoms with E-state index in [1.165, 1.54) is 6.08 Å². The molecule has 36 nitrogen and oxygen atoms in total. The Morgan fingerprint density at radius 1 is 0.296 bits per heavy atom. The number of carbonyl (C=O) groups is 12. The third kappa shape index (κ3) is 73.0. The van der Waals surface area contributed by atoms with E-state index in [1.807, 2.05) is 27.7 Å². The second kappa shape index (κ2) is 64.7. The molecule has 0 aromatic carbocycles. The molecule has 0 amide bonds. The van der Waals surface area contributed by atoms with E-state index in [-0.39, 0.29) is 133 Å². The van der Waals surface area contributed by atoms with Gasteiger partial charge in [-0.15, -0.1) is 0 Å². The monoisotopic (exact) mass is 1780 g/mol. The van der Waals surface area contributed by atoms with Gasteiger partial charge in [-0.1, -0.05) is 86.4 Å².